The van der Waals surface area contributed by atoms with E-state index in [-0.39, 0.29) is 0 Å². The van der Waals surface area contributed by atoms with Crippen LogP contribution >= 0.6 is 11.6 Å². The lowest BCUT2D eigenvalue weighted by Gasteiger charge is -2.63. The zero-order valence-electron chi connectivity index (χ0n) is 12.8. The lowest BCUT2D eigenvalue weighted by atomic mass is 9.46. The van der Waals surface area contributed by atoms with Crippen molar-refractivity contribution in [1.29, 1.82) is 0 Å². The topological polar surface area (TPSA) is 38.3 Å². The Labute approximate surface area is 139 Å². The summed E-state index contributed by atoms with van der Waals surface area (Å²) in [7, 11) is -0.878. The van der Waals surface area contributed by atoms with Gasteiger partial charge in [-0.25, -0.2) is 0 Å². The van der Waals surface area contributed by atoms with Crippen LogP contribution in [0.4, 0.5) is 5.69 Å². The molecule has 4 rings (SSSR count). The van der Waals surface area contributed by atoms with Gasteiger partial charge in [0.25, 0.3) is 0 Å². The summed E-state index contributed by atoms with van der Waals surface area (Å²) >= 11 is 6.23. The van der Waals surface area contributed by atoms with Gasteiger partial charge in [-0.15, -0.1) is 0 Å². The molecule has 1 heterocycles. The summed E-state index contributed by atoms with van der Waals surface area (Å²) < 4.78 is 17.5. The summed E-state index contributed by atoms with van der Waals surface area (Å²) in [6.45, 7) is 0.913. The summed E-state index contributed by atoms with van der Waals surface area (Å²) in [4.78, 5) is 0. The van der Waals surface area contributed by atoms with Crippen LogP contribution in [0.2, 0.25) is 5.02 Å². The number of hydrogen-bond acceptors (Lipinski definition) is 3. The van der Waals surface area contributed by atoms with Crippen molar-refractivity contribution in [3.63, 3.8) is 0 Å². The van der Waals surface area contributed by atoms with E-state index >= 15 is 0 Å². The molecule has 3 nitrogen and oxygen atoms in total. The summed E-state index contributed by atoms with van der Waals surface area (Å²) in [6, 6.07) is 6.55. The third-order valence-electron chi connectivity index (χ3n) is 5.76. The first-order valence-electron chi connectivity index (χ1n) is 8.07. The van der Waals surface area contributed by atoms with Crippen molar-refractivity contribution >= 4 is 28.1 Å². The van der Waals surface area contributed by atoms with Crippen molar-refractivity contribution in [2.24, 2.45) is 11.3 Å². The molecule has 5 heteroatoms. The minimum absolute atomic E-state index is 0.370. The van der Waals surface area contributed by atoms with Gasteiger partial charge in [-0.05, 0) is 43.0 Å². The van der Waals surface area contributed by atoms with E-state index in [2.05, 4.69) is 11.4 Å². The maximum atomic E-state index is 11.5. The molecule has 1 aliphatic heterocycles. The van der Waals surface area contributed by atoms with Gasteiger partial charge in [-0.1, -0.05) is 18.0 Å². The standard InChI is InChI=1S/C17H22ClNO2S/c1-22(20)10-11-9-12(3-4-14(11)18)19-15-13-5-8-21-16(13)17(15)6-2-7-17/h3-4,9,13,15-16,19H,2,5-8,10H2,1H3/t13-,15+,16+,22-/m0/s1. The van der Waals surface area contributed by atoms with Gasteiger partial charge < -0.3 is 10.1 Å². The van der Waals surface area contributed by atoms with Crippen LogP contribution in [-0.4, -0.2) is 29.2 Å². The van der Waals surface area contributed by atoms with E-state index in [9.17, 15) is 4.21 Å². The molecule has 2 saturated carbocycles. The van der Waals surface area contributed by atoms with Crippen LogP contribution in [-0.2, 0) is 21.3 Å². The molecule has 0 radical (unpaired) electrons. The largest absolute Gasteiger partial charge is 0.381 e. The van der Waals surface area contributed by atoms with Crippen LogP contribution in [0, 0.1) is 11.3 Å². The SMILES string of the molecule is C[S@](=O)Cc1cc(N[C@@H]2[C@@H]3CCO[C@H]3C23CCC3)ccc1Cl. The molecule has 3 fully saturated rings. The Morgan fingerprint density at radius 3 is 2.95 bits per heavy atom. The molecule has 1 saturated heterocycles. The monoisotopic (exact) mass is 339 g/mol. The van der Waals surface area contributed by atoms with Gasteiger partial charge in [0, 0.05) is 57.5 Å². The van der Waals surface area contributed by atoms with E-state index in [1.807, 2.05) is 12.1 Å². The molecular formula is C17H22ClNO2S. The van der Waals surface area contributed by atoms with Crippen LogP contribution in [0.15, 0.2) is 18.2 Å². The Hall–Kier alpha value is -0.580. The Morgan fingerprint density at radius 1 is 1.45 bits per heavy atom. The zero-order chi connectivity index (χ0) is 15.3. The van der Waals surface area contributed by atoms with E-state index in [1.54, 1.807) is 6.26 Å². The molecule has 1 N–H and O–H groups in total. The quantitative estimate of drug-likeness (QED) is 0.911. The zero-order valence-corrected chi connectivity index (χ0v) is 14.4. The molecule has 0 amide bonds. The molecule has 0 bridgehead atoms. The van der Waals surface area contributed by atoms with E-state index < -0.39 is 10.8 Å². The van der Waals surface area contributed by atoms with Crippen LogP contribution in [0.5, 0.6) is 0 Å². The Kier molecular flexibility index (Phi) is 3.74. The Morgan fingerprint density at radius 2 is 2.27 bits per heavy atom. The highest BCUT2D eigenvalue weighted by Crippen LogP contribution is 2.63. The Balaban J connectivity index is 1.54. The summed E-state index contributed by atoms with van der Waals surface area (Å²) in [5, 5.41) is 4.45. The smallest absolute Gasteiger partial charge is 0.0699 e. The van der Waals surface area contributed by atoms with Crippen molar-refractivity contribution in [3.05, 3.63) is 28.8 Å². The van der Waals surface area contributed by atoms with Gasteiger partial charge in [0.05, 0.1) is 6.10 Å². The Bertz CT molecular complexity index is 617. The second kappa shape index (κ2) is 5.50. The van der Waals surface area contributed by atoms with E-state index in [1.165, 1.54) is 25.7 Å². The van der Waals surface area contributed by atoms with Crippen LogP contribution < -0.4 is 5.32 Å². The minimum Gasteiger partial charge on any atom is -0.381 e. The fraction of sp³-hybridized carbons (Fsp3) is 0.647. The fourth-order valence-corrected chi connectivity index (χ4v) is 5.57. The highest BCUT2D eigenvalue weighted by molar-refractivity contribution is 7.83. The van der Waals surface area contributed by atoms with Crippen LogP contribution in [0.3, 0.4) is 0 Å². The van der Waals surface area contributed by atoms with Crippen molar-refractivity contribution in [2.45, 2.75) is 43.6 Å². The molecule has 120 valence electrons. The van der Waals surface area contributed by atoms with Gasteiger partial charge in [0.1, 0.15) is 0 Å². The maximum Gasteiger partial charge on any atom is 0.0699 e. The molecule has 0 unspecified atom stereocenters. The lowest BCUT2D eigenvalue weighted by Crippen LogP contribution is -2.68. The summed E-state index contributed by atoms with van der Waals surface area (Å²) in [5.74, 6) is 1.17. The first kappa shape index (κ1) is 15.0. The molecular weight excluding hydrogens is 318 g/mol. The predicted octanol–water partition coefficient (Wildman–Crippen LogP) is 3.59. The summed E-state index contributed by atoms with van der Waals surface area (Å²) in [5.41, 5.74) is 2.44. The number of halogens is 1. The molecule has 22 heavy (non-hydrogen) atoms. The number of nitrogens with one attached hydrogen (secondary N) is 1. The van der Waals surface area contributed by atoms with Gasteiger partial charge in [0.2, 0.25) is 0 Å². The molecule has 0 aromatic heterocycles. The highest BCUT2D eigenvalue weighted by atomic mass is 35.5. The van der Waals surface area contributed by atoms with Crippen LogP contribution in [0.1, 0.15) is 31.2 Å². The number of fused-ring (bicyclic) bond motifs is 2. The molecule has 1 aromatic rings. The molecule has 2 aliphatic carbocycles. The van der Waals surface area contributed by atoms with Crippen molar-refractivity contribution in [2.75, 3.05) is 18.2 Å². The average molecular weight is 340 g/mol. The van der Waals surface area contributed by atoms with Crippen molar-refractivity contribution < 1.29 is 8.95 Å². The molecule has 1 spiro atoms. The van der Waals surface area contributed by atoms with Crippen LogP contribution in [0.25, 0.3) is 0 Å². The number of ether oxygens (including phenoxy) is 1. The molecule has 1 aromatic carbocycles. The van der Waals surface area contributed by atoms with E-state index in [0.717, 1.165) is 17.9 Å². The van der Waals surface area contributed by atoms with Gasteiger partial charge >= 0.3 is 0 Å². The number of rotatable bonds is 4. The summed E-state index contributed by atoms with van der Waals surface area (Å²) in [6.07, 6.45) is 7.26. The number of hydrogen-bond donors (Lipinski definition) is 1. The predicted molar refractivity (Wildman–Crippen MR) is 90.8 cm³/mol. The second-order valence-electron chi connectivity index (χ2n) is 6.98. The third kappa shape index (κ3) is 2.22. The van der Waals surface area contributed by atoms with E-state index in [4.69, 9.17) is 16.3 Å². The van der Waals surface area contributed by atoms with Gasteiger partial charge in [-0.3, -0.25) is 4.21 Å². The number of benzene rings is 1. The number of anilines is 1. The fourth-order valence-electron chi connectivity index (χ4n) is 4.63. The lowest BCUT2D eigenvalue weighted by molar-refractivity contribution is -0.158. The third-order valence-corrected chi connectivity index (χ3v) is 6.85. The highest BCUT2D eigenvalue weighted by Gasteiger charge is 2.66. The minimum atomic E-state index is -0.878. The van der Waals surface area contributed by atoms with E-state index in [0.29, 0.717) is 34.3 Å². The average Bonchev–Trinajstić information content (AvgIpc) is 2.82. The first-order chi connectivity index (χ1) is 10.6. The second-order valence-corrected chi connectivity index (χ2v) is 8.82. The normalized spacial score (nSPS) is 32.9. The van der Waals surface area contributed by atoms with Gasteiger partial charge in [0.15, 0.2) is 0 Å². The first-order valence-corrected chi connectivity index (χ1v) is 10.2. The molecule has 3 aliphatic rings. The van der Waals surface area contributed by atoms with Gasteiger partial charge in [-0.2, -0.15) is 0 Å². The van der Waals surface area contributed by atoms with Crippen molar-refractivity contribution in [1.82, 2.24) is 0 Å². The van der Waals surface area contributed by atoms with Crippen molar-refractivity contribution in [3.8, 4) is 0 Å². The molecule has 4 atom stereocenters. The maximum absolute atomic E-state index is 11.5.